The van der Waals surface area contributed by atoms with E-state index in [-0.39, 0.29) is 12.5 Å². The topological polar surface area (TPSA) is 75.4 Å². The van der Waals surface area contributed by atoms with E-state index in [1.54, 1.807) is 38.4 Å². The number of nitrogens with one attached hydrogen (secondary N) is 1. The maximum atomic E-state index is 11.9. The Bertz CT molecular complexity index is 586. The van der Waals surface area contributed by atoms with Crippen molar-refractivity contribution >= 4 is 17.2 Å². The number of carbonyl (C=O) groups is 1. The van der Waals surface area contributed by atoms with Crippen molar-refractivity contribution in [1.29, 1.82) is 0 Å². The van der Waals surface area contributed by atoms with Gasteiger partial charge in [0.2, 0.25) is 0 Å². The van der Waals surface area contributed by atoms with Crippen LogP contribution in [0.1, 0.15) is 33.8 Å². The van der Waals surface area contributed by atoms with Gasteiger partial charge in [0.1, 0.15) is 22.0 Å². The van der Waals surface area contributed by atoms with Gasteiger partial charge in [-0.25, -0.2) is 4.98 Å². The second kappa shape index (κ2) is 5.14. The van der Waals surface area contributed by atoms with Crippen LogP contribution in [0.4, 0.5) is 0 Å². The SMILES string of the molecule is Cc1ccc([C@@](C)(O)CNC(=O)c2scnc2C)o1. The summed E-state index contributed by atoms with van der Waals surface area (Å²) < 4.78 is 5.38. The van der Waals surface area contributed by atoms with E-state index >= 15 is 0 Å². The molecule has 0 aliphatic carbocycles. The molecule has 2 rings (SSSR count). The molecule has 1 amide bonds. The summed E-state index contributed by atoms with van der Waals surface area (Å²) in [6.07, 6.45) is 0. The van der Waals surface area contributed by atoms with Gasteiger partial charge >= 0.3 is 0 Å². The highest BCUT2D eigenvalue weighted by Crippen LogP contribution is 2.22. The monoisotopic (exact) mass is 280 g/mol. The summed E-state index contributed by atoms with van der Waals surface area (Å²) in [6.45, 7) is 5.26. The van der Waals surface area contributed by atoms with E-state index in [1.807, 2.05) is 0 Å². The number of thiazole rings is 1. The number of carbonyl (C=O) groups excluding carboxylic acids is 1. The largest absolute Gasteiger partial charge is 0.463 e. The molecule has 102 valence electrons. The highest BCUT2D eigenvalue weighted by molar-refractivity contribution is 7.11. The van der Waals surface area contributed by atoms with Crippen LogP contribution in [0.3, 0.4) is 0 Å². The molecular weight excluding hydrogens is 264 g/mol. The molecule has 0 saturated carbocycles. The van der Waals surface area contributed by atoms with Gasteiger partial charge in [-0.3, -0.25) is 4.79 Å². The summed E-state index contributed by atoms with van der Waals surface area (Å²) in [5.74, 6) is 0.926. The average molecular weight is 280 g/mol. The van der Waals surface area contributed by atoms with E-state index < -0.39 is 5.60 Å². The summed E-state index contributed by atoms with van der Waals surface area (Å²) >= 11 is 1.28. The molecule has 5 nitrogen and oxygen atoms in total. The van der Waals surface area contributed by atoms with Gasteiger partial charge in [0.15, 0.2) is 0 Å². The maximum Gasteiger partial charge on any atom is 0.263 e. The minimum atomic E-state index is -1.23. The number of nitrogens with zero attached hydrogens (tertiary/aromatic N) is 1. The predicted molar refractivity (Wildman–Crippen MR) is 72.2 cm³/mol. The number of amides is 1. The first-order valence-electron chi connectivity index (χ1n) is 5.88. The van der Waals surface area contributed by atoms with Crippen molar-refractivity contribution in [3.63, 3.8) is 0 Å². The molecule has 2 heterocycles. The van der Waals surface area contributed by atoms with Gasteiger partial charge in [0.05, 0.1) is 17.7 Å². The van der Waals surface area contributed by atoms with Crippen molar-refractivity contribution in [2.45, 2.75) is 26.4 Å². The minimum absolute atomic E-state index is 0.0795. The molecule has 0 aromatic carbocycles. The van der Waals surface area contributed by atoms with Crippen molar-refractivity contribution in [2.75, 3.05) is 6.54 Å². The first-order valence-corrected chi connectivity index (χ1v) is 6.76. The lowest BCUT2D eigenvalue weighted by atomic mass is 10.0. The second-order valence-corrected chi connectivity index (χ2v) is 5.49. The van der Waals surface area contributed by atoms with Gasteiger partial charge in [0, 0.05) is 0 Å². The normalized spacial score (nSPS) is 14.1. The van der Waals surface area contributed by atoms with Crippen molar-refractivity contribution in [3.05, 3.63) is 39.7 Å². The Kier molecular flexibility index (Phi) is 3.73. The Morgan fingerprint density at radius 2 is 2.26 bits per heavy atom. The van der Waals surface area contributed by atoms with Crippen molar-refractivity contribution in [3.8, 4) is 0 Å². The first kappa shape index (κ1) is 13.8. The Morgan fingerprint density at radius 1 is 1.53 bits per heavy atom. The maximum absolute atomic E-state index is 11.9. The second-order valence-electron chi connectivity index (χ2n) is 4.63. The van der Waals surface area contributed by atoms with Crippen molar-refractivity contribution in [1.82, 2.24) is 10.3 Å². The molecule has 0 bridgehead atoms. The fraction of sp³-hybridized carbons (Fsp3) is 0.385. The van der Waals surface area contributed by atoms with Crippen LogP contribution in [-0.2, 0) is 5.60 Å². The molecule has 0 saturated heterocycles. The molecule has 0 unspecified atom stereocenters. The molecule has 6 heteroatoms. The van der Waals surface area contributed by atoms with E-state index in [4.69, 9.17) is 4.42 Å². The lowest BCUT2D eigenvalue weighted by molar-refractivity contribution is 0.0324. The molecule has 0 aliphatic heterocycles. The molecule has 2 N–H and O–H groups in total. The lowest BCUT2D eigenvalue weighted by Crippen LogP contribution is -2.38. The number of aliphatic hydroxyl groups is 1. The van der Waals surface area contributed by atoms with E-state index in [0.717, 1.165) is 5.76 Å². The van der Waals surface area contributed by atoms with E-state index in [9.17, 15) is 9.90 Å². The quantitative estimate of drug-likeness (QED) is 0.898. The van der Waals surface area contributed by atoms with Gasteiger partial charge < -0.3 is 14.8 Å². The van der Waals surface area contributed by atoms with E-state index in [2.05, 4.69) is 10.3 Å². The standard InChI is InChI=1S/C13H16N2O3S/c1-8-4-5-10(18-8)13(3,17)6-14-12(16)11-9(2)15-7-19-11/h4-5,7,17H,6H2,1-3H3,(H,14,16)/t13-/m0/s1. The molecule has 0 aliphatic rings. The smallest absolute Gasteiger partial charge is 0.263 e. The zero-order valence-corrected chi connectivity index (χ0v) is 11.9. The number of aromatic nitrogens is 1. The highest BCUT2D eigenvalue weighted by atomic mass is 32.1. The van der Waals surface area contributed by atoms with Crippen LogP contribution < -0.4 is 5.32 Å². The minimum Gasteiger partial charge on any atom is -0.463 e. The molecule has 2 aromatic heterocycles. The van der Waals surface area contributed by atoms with Crippen LogP contribution in [0.5, 0.6) is 0 Å². The summed E-state index contributed by atoms with van der Waals surface area (Å²) in [6, 6.07) is 3.48. The number of hydrogen-bond acceptors (Lipinski definition) is 5. The van der Waals surface area contributed by atoms with Gasteiger partial charge in [-0.1, -0.05) is 0 Å². The van der Waals surface area contributed by atoms with Crippen LogP contribution in [0.2, 0.25) is 0 Å². The molecule has 0 radical (unpaired) electrons. The third kappa shape index (κ3) is 3.02. The van der Waals surface area contributed by atoms with Crippen LogP contribution in [-0.4, -0.2) is 22.5 Å². The molecule has 0 spiro atoms. The van der Waals surface area contributed by atoms with Gasteiger partial charge in [0.25, 0.3) is 5.91 Å². The zero-order chi connectivity index (χ0) is 14.0. The van der Waals surface area contributed by atoms with Crippen LogP contribution in [0.15, 0.2) is 22.1 Å². The summed E-state index contributed by atoms with van der Waals surface area (Å²) in [5.41, 5.74) is 1.08. The first-order chi connectivity index (χ1) is 8.90. The fourth-order valence-electron chi connectivity index (χ4n) is 1.66. The Hall–Kier alpha value is -1.66. The fourth-order valence-corrected chi connectivity index (χ4v) is 2.38. The molecule has 2 aromatic rings. The third-order valence-corrected chi connectivity index (χ3v) is 3.74. The lowest BCUT2D eigenvalue weighted by Gasteiger charge is -2.21. The number of furan rings is 1. The number of hydrogen-bond donors (Lipinski definition) is 2. The summed E-state index contributed by atoms with van der Waals surface area (Å²) in [4.78, 5) is 16.5. The van der Waals surface area contributed by atoms with Crippen molar-refractivity contribution < 1.29 is 14.3 Å². The molecule has 1 atom stereocenters. The molecular formula is C13H16N2O3S. The van der Waals surface area contributed by atoms with Gasteiger partial charge in [-0.2, -0.15) is 0 Å². The predicted octanol–water partition coefficient (Wildman–Crippen LogP) is 1.99. The van der Waals surface area contributed by atoms with E-state index in [1.165, 1.54) is 11.3 Å². The molecule has 19 heavy (non-hydrogen) atoms. The highest BCUT2D eigenvalue weighted by Gasteiger charge is 2.28. The third-order valence-electron chi connectivity index (χ3n) is 2.82. The van der Waals surface area contributed by atoms with Crippen LogP contribution in [0.25, 0.3) is 0 Å². The van der Waals surface area contributed by atoms with Gasteiger partial charge in [-0.15, -0.1) is 11.3 Å². The number of aryl methyl sites for hydroxylation is 2. The number of rotatable bonds is 4. The molecule has 0 fully saturated rings. The average Bonchev–Trinajstić information content (AvgIpc) is 2.95. The van der Waals surface area contributed by atoms with Gasteiger partial charge in [-0.05, 0) is 32.9 Å². The van der Waals surface area contributed by atoms with Crippen LogP contribution >= 0.6 is 11.3 Å². The van der Waals surface area contributed by atoms with Crippen molar-refractivity contribution in [2.24, 2.45) is 0 Å². The summed E-state index contributed by atoms with van der Waals surface area (Å²) in [7, 11) is 0. The zero-order valence-electron chi connectivity index (χ0n) is 11.1. The summed E-state index contributed by atoms with van der Waals surface area (Å²) in [5, 5.41) is 13.0. The Morgan fingerprint density at radius 3 is 2.79 bits per heavy atom. The Balaban J connectivity index is 2.02. The Labute approximate surface area is 115 Å². The van der Waals surface area contributed by atoms with E-state index in [0.29, 0.717) is 16.3 Å². The van der Waals surface area contributed by atoms with Crippen LogP contribution in [0, 0.1) is 13.8 Å².